The molecule has 0 bridgehead atoms. The standard InChI is InChI=1S/C19H19NO3S/c1-2-24-17-12-18(21)20(19(17)22)13-14-8-10-16(11-9-14)23-15-6-4-3-5-7-15/h3-12,21-22H,2,13H2,1H3. The summed E-state index contributed by atoms with van der Waals surface area (Å²) in [6.45, 7) is 2.40. The van der Waals surface area contributed by atoms with Crippen molar-refractivity contribution in [2.75, 3.05) is 5.75 Å². The second kappa shape index (κ2) is 7.36. The first kappa shape index (κ1) is 16.3. The van der Waals surface area contributed by atoms with Crippen molar-refractivity contribution in [3.05, 3.63) is 66.2 Å². The maximum atomic E-state index is 10.2. The molecule has 0 aliphatic rings. The molecule has 2 N–H and O–H groups in total. The fourth-order valence-corrected chi connectivity index (χ4v) is 3.13. The summed E-state index contributed by atoms with van der Waals surface area (Å²) in [5.41, 5.74) is 0.963. The summed E-state index contributed by atoms with van der Waals surface area (Å²) in [5, 5.41) is 20.2. The Kier molecular flexibility index (Phi) is 5.01. The lowest BCUT2D eigenvalue weighted by molar-refractivity contribution is 0.373. The van der Waals surface area contributed by atoms with Gasteiger partial charge in [-0.3, -0.25) is 4.57 Å². The highest BCUT2D eigenvalue weighted by molar-refractivity contribution is 7.99. The Balaban J connectivity index is 1.73. The van der Waals surface area contributed by atoms with Crippen LogP contribution in [-0.2, 0) is 6.54 Å². The summed E-state index contributed by atoms with van der Waals surface area (Å²) in [4.78, 5) is 0.694. The Morgan fingerprint density at radius 1 is 0.958 bits per heavy atom. The Hall–Kier alpha value is -2.53. The SMILES string of the molecule is CCSc1cc(O)n(Cc2ccc(Oc3ccccc3)cc2)c1O. The molecule has 0 radical (unpaired) electrons. The van der Waals surface area contributed by atoms with Crippen molar-refractivity contribution in [1.29, 1.82) is 0 Å². The van der Waals surface area contributed by atoms with Crippen LogP contribution in [0, 0.1) is 0 Å². The van der Waals surface area contributed by atoms with Crippen LogP contribution in [0.2, 0.25) is 0 Å². The lowest BCUT2D eigenvalue weighted by atomic mass is 10.2. The smallest absolute Gasteiger partial charge is 0.208 e. The number of nitrogens with zero attached hydrogens (tertiary/aromatic N) is 1. The van der Waals surface area contributed by atoms with Gasteiger partial charge in [0.25, 0.3) is 0 Å². The van der Waals surface area contributed by atoms with E-state index in [1.54, 1.807) is 6.07 Å². The minimum Gasteiger partial charge on any atom is -0.494 e. The largest absolute Gasteiger partial charge is 0.494 e. The molecule has 0 fully saturated rings. The topological polar surface area (TPSA) is 54.6 Å². The second-order valence-corrected chi connectivity index (χ2v) is 6.57. The lowest BCUT2D eigenvalue weighted by Gasteiger charge is -2.09. The number of rotatable bonds is 6. The van der Waals surface area contributed by atoms with E-state index in [0.717, 1.165) is 22.8 Å². The zero-order chi connectivity index (χ0) is 16.9. The van der Waals surface area contributed by atoms with E-state index in [0.29, 0.717) is 11.4 Å². The predicted molar refractivity (Wildman–Crippen MR) is 96.2 cm³/mol. The van der Waals surface area contributed by atoms with Crippen LogP contribution in [0.15, 0.2) is 65.6 Å². The average Bonchev–Trinajstić information content (AvgIpc) is 2.85. The molecule has 2 aromatic carbocycles. The van der Waals surface area contributed by atoms with Crippen molar-refractivity contribution in [2.24, 2.45) is 0 Å². The van der Waals surface area contributed by atoms with Gasteiger partial charge in [0.05, 0.1) is 11.4 Å². The number of hydrogen-bond donors (Lipinski definition) is 2. The highest BCUT2D eigenvalue weighted by Crippen LogP contribution is 2.35. The van der Waals surface area contributed by atoms with Crippen molar-refractivity contribution >= 4 is 11.8 Å². The molecule has 0 aliphatic carbocycles. The van der Waals surface area contributed by atoms with Gasteiger partial charge in [-0.05, 0) is 35.6 Å². The molecular weight excluding hydrogens is 322 g/mol. The number of aromatic nitrogens is 1. The van der Waals surface area contributed by atoms with Crippen LogP contribution in [0.25, 0.3) is 0 Å². The van der Waals surface area contributed by atoms with Crippen LogP contribution >= 0.6 is 11.8 Å². The number of thioether (sulfide) groups is 1. The van der Waals surface area contributed by atoms with Gasteiger partial charge in [-0.15, -0.1) is 11.8 Å². The van der Waals surface area contributed by atoms with E-state index in [2.05, 4.69) is 0 Å². The molecule has 3 rings (SSSR count). The van der Waals surface area contributed by atoms with Crippen LogP contribution in [0.5, 0.6) is 23.3 Å². The molecule has 4 nitrogen and oxygen atoms in total. The van der Waals surface area contributed by atoms with E-state index in [-0.39, 0.29) is 11.8 Å². The van der Waals surface area contributed by atoms with E-state index in [4.69, 9.17) is 4.74 Å². The molecule has 1 heterocycles. The summed E-state index contributed by atoms with van der Waals surface area (Å²) in [6, 6.07) is 18.8. The Bertz CT molecular complexity index is 797. The van der Waals surface area contributed by atoms with Crippen molar-refractivity contribution in [3.8, 4) is 23.3 Å². The van der Waals surface area contributed by atoms with Gasteiger partial charge in [-0.25, -0.2) is 0 Å². The molecule has 0 amide bonds. The van der Waals surface area contributed by atoms with Gasteiger partial charge < -0.3 is 14.9 Å². The van der Waals surface area contributed by atoms with Crippen molar-refractivity contribution in [1.82, 2.24) is 4.57 Å². The van der Waals surface area contributed by atoms with E-state index in [1.165, 1.54) is 16.3 Å². The van der Waals surface area contributed by atoms with E-state index in [9.17, 15) is 10.2 Å². The molecule has 0 saturated heterocycles. The molecule has 24 heavy (non-hydrogen) atoms. The quantitative estimate of drug-likeness (QED) is 0.629. The minimum absolute atomic E-state index is 0.0630. The predicted octanol–water partition coefficient (Wildman–Crippen LogP) is 4.85. The molecule has 0 atom stereocenters. The van der Waals surface area contributed by atoms with Crippen LogP contribution in [0.3, 0.4) is 0 Å². The molecular formula is C19H19NO3S. The molecule has 0 saturated carbocycles. The maximum Gasteiger partial charge on any atom is 0.208 e. The highest BCUT2D eigenvalue weighted by atomic mass is 32.2. The molecule has 0 aliphatic heterocycles. The molecule has 0 spiro atoms. The zero-order valence-corrected chi connectivity index (χ0v) is 14.2. The van der Waals surface area contributed by atoms with Gasteiger partial charge in [0.1, 0.15) is 11.5 Å². The first-order valence-electron chi connectivity index (χ1n) is 7.73. The molecule has 0 unspecified atom stereocenters. The lowest BCUT2D eigenvalue weighted by Crippen LogP contribution is -1.98. The normalized spacial score (nSPS) is 10.7. The number of para-hydroxylation sites is 1. The van der Waals surface area contributed by atoms with Crippen molar-refractivity contribution < 1.29 is 14.9 Å². The molecule has 3 aromatic rings. The number of benzene rings is 2. The van der Waals surface area contributed by atoms with Gasteiger partial charge in [0, 0.05) is 6.07 Å². The van der Waals surface area contributed by atoms with Crippen LogP contribution in [0.4, 0.5) is 0 Å². The molecule has 5 heteroatoms. The van der Waals surface area contributed by atoms with Gasteiger partial charge in [0.15, 0.2) is 5.88 Å². The van der Waals surface area contributed by atoms with Crippen molar-refractivity contribution in [2.45, 2.75) is 18.4 Å². The Morgan fingerprint density at radius 3 is 2.29 bits per heavy atom. The fraction of sp³-hybridized carbons (Fsp3) is 0.158. The Morgan fingerprint density at radius 2 is 1.62 bits per heavy atom. The minimum atomic E-state index is 0.0630. The first-order chi connectivity index (χ1) is 11.7. The van der Waals surface area contributed by atoms with E-state index >= 15 is 0 Å². The monoisotopic (exact) mass is 341 g/mol. The van der Waals surface area contributed by atoms with Gasteiger partial charge in [-0.2, -0.15) is 0 Å². The maximum absolute atomic E-state index is 10.2. The third-order valence-corrected chi connectivity index (χ3v) is 4.46. The average molecular weight is 341 g/mol. The molecule has 124 valence electrons. The van der Waals surface area contributed by atoms with Crippen LogP contribution < -0.4 is 4.74 Å². The molecule has 1 aromatic heterocycles. The highest BCUT2D eigenvalue weighted by Gasteiger charge is 2.14. The number of aromatic hydroxyl groups is 2. The van der Waals surface area contributed by atoms with Crippen LogP contribution in [-0.4, -0.2) is 20.5 Å². The number of ether oxygens (including phenoxy) is 1. The fourth-order valence-electron chi connectivity index (χ4n) is 2.39. The Labute approximate surface area is 145 Å². The van der Waals surface area contributed by atoms with Crippen molar-refractivity contribution in [3.63, 3.8) is 0 Å². The summed E-state index contributed by atoms with van der Waals surface area (Å²) in [7, 11) is 0. The third kappa shape index (κ3) is 3.68. The second-order valence-electron chi connectivity index (χ2n) is 5.27. The summed E-state index contributed by atoms with van der Waals surface area (Å²) in [5.74, 6) is 2.53. The van der Waals surface area contributed by atoms with E-state index in [1.807, 2.05) is 61.5 Å². The summed E-state index contributed by atoms with van der Waals surface area (Å²) >= 11 is 1.50. The first-order valence-corrected chi connectivity index (χ1v) is 8.72. The van der Waals surface area contributed by atoms with Gasteiger partial charge in [-0.1, -0.05) is 37.3 Å². The van der Waals surface area contributed by atoms with Gasteiger partial charge >= 0.3 is 0 Å². The number of hydrogen-bond acceptors (Lipinski definition) is 4. The van der Waals surface area contributed by atoms with Gasteiger partial charge in [0.2, 0.25) is 5.88 Å². The summed E-state index contributed by atoms with van der Waals surface area (Å²) in [6.07, 6.45) is 0. The third-order valence-electron chi connectivity index (χ3n) is 3.56. The zero-order valence-electron chi connectivity index (χ0n) is 13.3. The van der Waals surface area contributed by atoms with E-state index < -0.39 is 0 Å². The summed E-state index contributed by atoms with van der Waals surface area (Å²) < 4.78 is 7.25. The van der Waals surface area contributed by atoms with Crippen LogP contribution in [0.1, 0.15) is 12.5 Å².